The summed E-state index contributed by atoms with van der Waals surface area (Å²) in [7, 11) is 1.73. The summed E-state index contributed by atoms with van der Waals surface area (Å²) < 4.78 is 23.8. The molecule has 1 fully saturated rings. The summed E-state index contributed by atoms with van der Waals surface area (Å²) in [6, 6.07) is 6.27. The van der Waals surface area contributed by atoms with Crippen LogP contribution in [0.3, 0.4) is 0 Å². The number of ether oxygens (including phenoxy) is 2. The summed E-state index contributed by atoms with van der Waals surface area (Å²) in [5.74, 6) is 0.998. The number of guanidine groups is 1. The van der Waals surface area contributed by atoms with Crippen LogP contribution in [0, 0.1) is 11.7 Å². The Kier molecular flexibility index (Phi) is 11.2. The van der Waals surface area contributed by atoms with Gasteiger partial charge in [-0.05, 0) is 63.8 Å². The van der Waals surface area contributed by atoms with Gasteiger partial charge in [0.05, 0.1) is 19.1 Å². The van der Waals surface area contributed by atoms with Crippen molar-refractivity contribution in [3.63, 3.8) is 0 Å². The number of halogens is 2. The van der Waals surface area contributed by atoms with Crippen LogP contribution in [0.15, 0.2) is 29.3 Å². The number of hydrogen-bond donors (Lipinski definition) is 2. The van der Waals surface area contributed by atoms with Crippen LogP contribution in [0.5, 0.6) is 5.75 Å². The van der Waals surface area contributed by atoms with E-state index in [0.29, 0.717) is 24.9 Å². The number of nitrogens with zero attached hydrogens (tertiary/aromatic N) is 1. The number of hydrogen-bond acceptors (Lipinski definition) is 4. The summed E-state index contributed by atoms with van der Waals surface area (Å²) in [6.07, 6.45) is 3.38. The third-order valence-electron chi connectivity index (χ3n) is 4.62. The summed E-state index contributed by atoms with van der Waals surface area (Å²) in [5.41, 5.74) is 0. The minimum Gasteiger partial charge on any atom is -0.489 e. The molecule has 8 heteroatoms. The standard InChI is InChI=1S/C20H30FN3O3.HI/c1-4-26-19(25)15-5-9-17(10-6-15)24-20(22-3)23-13-14(2)27-18-11-7-16(21)8-12-18;/h7-8,11-12,14-15,17H,4-6,9-10,13H2,1-3H3,(H2,22,23,24);1H. The van der Waals surface area contributed by atoms with Gasteiger partial charge in [0.25, 0.3) is 0 Å². The van der Waals surface area contributed by atoms with Crippen molar-refractivity contribution in [2.75, 3.05) is 20.2 Å². The Morgan fingerprint density at radius 1 is 1.25 bits per heavy atom. The molecule has 1 unspecified atom stereocenters. The van der Waals surface area contributed by atoms with Gasteiger partial charge < -0.3 is 20.1 Å². The lowest BCUT2D eigenvalue weighted by atomic mass is 9.86. The molecule has 0 amide bonds. The predicted octanol–water partition coefficient (Wildman–Crippen LogP) is 3.50. The van der Waals surface area contributed by atoms with E-state index in [9.17, 15) is 9.18 Å². The lowest BCUT2D eigenvalue weighted by Gasteiger charge is -2.29. The average molecular weight is 507 g/mol. The smallest absolute Gasteiger partial charge is 0.308 e. The summed E-state index contributed by atoms with van der Waals surface area (Å²) in [4.78, 5) is 16.1. The van der Waals surface area contributed by atoms with Crippen LogP contribution in [0.2, 0.25) is 0 Å². The third-order valence-corrected chi connectivity index (χ3v) is 4.62. The maximum Gasteiger partial charge on any atom is 0.308 e. The van der Waals surface area contributed by atoms with Crippen molar-refractivity contribution in [1.82, 2.24) is 10.6 Å². The van der Waals surface area contributed by atoms with Gasteiger partial charge in [0.1, 0.15) is 17.7 Å². The monoisotopic (exact) mass is 507 g/mol. The zero-order chi connectivity index (χ0) is 19.6. The van der Waals surface area contributed by atoms with Crippen molar-refractivity contribution in [3.05, 3.63) is 30.1 Å². The molecular weight excluding hydrogens is 476 g/mol. The quantitative estimate of drug-likeness (QED) is 0.256. The van der Waals surface area contributed by atoms with E-state index in [1.807, 2.05) is 13.8 Å². The van der Waals surface area contributed by atoms with Gasteiger partial charge in [-0.2, -0.15) is 0 Å². The first-order valence-electron chi connectivity index (χ1n) is 9.57. The summed E-state index contributed by atoms with van der Waals surface area (Å²) in [5, 5.41) is 6.66. The summed E-state index contributed by atoms with van der Waals surface area (Å²) >= 11 is 0. The third kappa shape index (κ3) is 8.20. The van der Waals surface area contributed by atoms with Crippen molar-refractivity contribution in [1.29, 1.82) is 0 Å². The SMILES string of the molecule is CCOC(=O)C1CCC(NC(=NC)NCC(C)Oc2ccc(F)cc2)CC1.I. The van der Waals surface area contributed by atoms with Gasteiger partial charge in [0.15, 0.2) is 5.96 Å². The Labute approximate surface area is 183 Å². The zero-order valence-electron chi connectivity index (χ0n) is 16.7. The Balaban J connectivity index is 0.00000392. The molecular formula is C20H31FIN3O3. The van der Waals surface area contributed by atoms with Crippen LogP contribution in [0.1, 0.15) is 39.5 Å². The Morgan fingerprint density at radius 3 is 2.46 bits per heavy atom. The number of nitrogens with one attached hydrogen (secondary N) is 2. The van der Waals surface area contributed by atoms with E-state index in [-0.39, 0.29) is 53.8 Å². The van der Waals surface area contributed by atoms with E-state index in [2.05, 4.69) is 15.6 Å². The fourth-order valence-corrected chi connectivity index (χ4v) is 3.15. The van der Waals surface area contributed by atoms with Gasteiger partial charge in [-0.25, -0.2) is 4.39 Å². The molecule has 0 aliphatic heterocycles. The van der Waals surface area contributed by atoms with Crippen molar-refractivity contribution in [2.45, 2.75) is 51.7 Å². The molecule has 0 bridgehead atoms. The Morgan fingerprint density at radius 2 is 1.89 bits per heavy atom. The second-order valence-electron chi connectivity index (χ2n) is 6.78. The number of carbonyl (C=O) groups excluding carboxylic acids is 1. The van der Waals surface area contributed by atoms with E-state index < -0.39 is 0 Å². The summed E-state index contributed by atoms with van der Waals surface area (Å²) in [6.45, 7) is 4.77. The average Bonchev–Trinajstić information content (AvgIpc) is 2.67. The number of rotatable bonds is 7. The topological polar surface area (TPSA) is 72.0 Å². The van der Waals surface area contributed by atoms with Gasteiger partial charge >= 0.3 is 5.97 Å². The maximum absolute atomic E-state index is 12.9. The first kappa shape index (κ1) is 24.5. The maximum atomic E-state index is 12.9. The molecule has 6 nitrogen and oxygen atoms in total. The van der Waals surface area contributed by atoms with Crippen LogP contribution in [-0.4, -0.2) is 44.3 Å². The number of carbonyl (C=O) groups is 1. The molecule has 0 spiro atoms. The van der Waals surface area contributed by atoms with E-state index in [1.165, 1.54) is 12.1 Å². The zero-order valence-corrected chi connectivity index (χ0v) is 19.1. The van der Waals surface area contributed by atoms with Gasteiger partial charge in [-0.3, -0.25) is 9.79 Å². The van der Waals surface area contributed by atoms with E-state index >= 15 is 0 Å². The number of benzene rings is 1. The van der Waals surface area contributed by atoms with Gasteiger partial charge in [0.2, 0.25) is 0 Å². The Bertz CT molecular complexity index is 620. The van der Waals surface area contributed by atoms with Crippen LogP contribution < -0.4 is 15.4 Å². The molecule has 2 rings (SSSR count). The van der Waals surface area contributed by atoms with Crippen molar-refractivity contribution >= 4 is 35.9 Å². The first-order chi connectivity index (χ1) is 13.0. The largest absolute Gasteiger partial charge is 0.489 e. The molecule has 1 atom stereocenters. The highest BCUT2D eigenvalue weighted by atomic mass is 127. The first-order valence-corrected chi connectivity index (χ1v) is 9.57. The van der Waals surface area contributed by atoms with Crippen molar-refractivity contribution in [3.8, 4) is 5.75 Å². The van der Waals surface area contributed by atoms with Crippen LogP contribution in [-0.2, 0) is 9.53 Å². The molecule has 0 heterocycles. The number of esters is 1. The molecule has 1 aliphatic carbocycles. The molecule has 158 valence electrons. The molecule has 1 aromatic carbocycles. The molecule has 1 aromatic rings. The minimum atomic E-state index is -0.282. The van der Waals surface area contributed by atoms with Crippen LogP contribution in [0.25, 0.3) is 0 Å². The second-order valence-corrected chi connectivity index (χ2v) is 6.78. The number of aliphatic imine (C=N–C) groups is 1. The molecule has 0 aromatic heterocycles. The minimum absolute atomic E-state index is 0. The van der Waals surface area contributed by atoms with Crippen molar-refractivity contribution in [2.24, 2.45) is 10.9 Å². The predicted molar refractivity (Wildman–Crippen MR) is 119 cm³/mol. The lowest BCUT2D eigenvalue weighted by Crippen LogP contribution is -2.47. The highest BCUT2D eigenvalue weighted by molar-refractivity contribution is 14.0. The van der Waals surface area contributed by atoms with Crippen LogP contribution in [0.4, 0.5) is 4.39 Å². The molecule has 2 N–H and O–H groups in total. The molecule has 0 saturated heterocycles. The molecule has 28 heavy (non-hydrogen) atoms. The lowest BCUT2D eigenvalue weighted by molar-refractivity contribution is -0.149. The van der Waals surface area contributed by atoms with E-state index in [4.69, 9.17) is 9.47 Å². The van der Waals surface area contributed by atoms with Gasteiger partial charge in [-0.15, -0.1) is 24.0 Å². The fraction of sp³-hybridized carbons (Fsp3) is 0.600. The molecule has 0 radical (unpaired) electrons. The highest BCUT2D eigenvalue weighted by Gasteiger charge is 2.27. The second kappa shape index (κ2) is 12.8. The normalized spacial score (nSPS) is 20.5. The Hall–Kier alpha value is -1.58. The highest BCUT2D eigenvalue weighted by Crippen LogP contribution is 2.25. The van der Waals surface area contributed by atoms with Crippen LogP contribution >= 0.6 is 24.0 Å². The fourth-order valence-electron chi connectivity index (χ4n) is 3.15. The molecule has 1 saturated carbocycles. The van der Waals surface area contributed by atoms with Gasteiger partial charge in [0, 0.05) is 13.1 Å². The van der Waals surface area contributed by atoms with Crippen molar-refractivity contribution < 1.29 is 18.7 Å². The molecule has 1 aliphatic rings. The van der Waals surface area contributed by atoms with Gasteiger partial charge in [-0.1, -0.05) is 0 Å². The van der Waals surface area contributed by atoms with E-state index in [1.54, 1.807) is 19.2 Å². The van der Waals surface area contributed by atoms with E-state index in [0.717, 1.165) is 25.7 Å².